The van der Waals surface area contributed by atoms with Crippen molar-refractivity contribution in [3.05, 3.63) is 68.2 Å². The highest BCUT2D eigenvalue weighted by Crippen LogP contribution is 2.43. The number of hydrogen-bond acceptors (Lipinski definition) is 6. The van der Waals surface area contributed by atoms with Gasteiger partial charge in [0.25, 0.3) is 5.69 Å². The van der Waals surface area contributed by atoms with Crippen LogP contribution >= 0.6 is 11.6 Å². The number of benzene rings is 2. The van der Waals surface area contributed by atoms with Gasteiger partial charge in [0.1, 0.15) is 23.2 Å². The quantitative estimate of drug-likeness (QED) is 0.438. The molecule has 1 aliphatic rings. The highest BCUT2D eigenvalue weighted by Gasteiger charge is 2.40. The van der Waals surface area contributed by atoms with Crippen LogP contribution in [-0.2, 0) is 9.59 Å². The molecular formula is C20H15ClN2O5. The van der Waals surface area contributed by atoms with E-state index in [1.54, 1.807) is 24.3 Å². The highest BCUT2D eigenvalue weighted by atomic mass is 35.5. The Kier molecular flexibility index (Phi) is 5.43. The number of Topliss-reactive ketones (excluding diaryl/α,β-unsaturated/α-hetero) is 2. The van der Waals surface area contributed by atoms with Crippen molar-refractivity contribution in [1.29, 1.82) is 5.26 Å². The number of ether oxygens (including phenoxy) is 1. The number of nitro groups is 1. The smallest absolute Gasteiger partial charge is 0.274 e. The number of methoxy groups -OCH3 is 1. The van der Waals surface area contributed by atoms with Crippen molar-refractivity contribution >= 4 is 28.9 Å². The molecule has 3 rings (SSSR count). The van der Waals surface area contributed by atoms with Crippen molar-refractivity contribution in [1.82, 2.24) is 0 Å². The van der Waals surface area contributed by atoms with Gasteiger partial charge in [-0.05, 0) is 23.6 Å². The molecule has 0 heterocycles. The fraction of sp³-hybridized carbons (Fsp3) is 0.250. The summed E-state index contributed by atoms with van der Waals surface area (Å²) in [6, 6.07) is 11.1. The van der Waals surface area contributed by atoms with Crippen LogP contribution in [0.25, 0.3) is 0 Å². The summed E-state index contributed by atoms with van der Waals surface area (Å²) in [5.41, 5.74) is 1.19. The van der Waals surface area contributed by atoms with Crippen molar-refractivity contribution in [2.75, 3.05) is 7.11 Å². The van der Waals surface area contributed by atoms with Crippen molar-refractivity contribution in [2.24, 2.45) is 0 Å². The van der Waals surface area contributed by atoms with E-state index in [0.29, 0.717) is 5.56 Å². The molecular weight excluding hydrogens is 384 g/mol. The summed E-state index contributed by atoms with van der Waals surface area (Å²) in [4.78, 5) is 36.1. The Bertz CT molecular complexity index is 992. The van der Waals surface area contributed by atoms with E-state index in [9.17, 15) is 19.7 Å². The first kappa shape index (κ1) is 19.5. The van der Waals surface area contributed by atoms with E-state index in [2.05, 4.69) is 0 Å². The predicted molar refractivity (Wildman–Crippen MR) is 101 cm³/mol. The van der Waals surface area contributed by atoms with Crippen molar-refractivity contribution in [2.45, 2.75) is 24.7 Å². The van der Waals surface area contributed by atoms with Crippen LogP contribution in [0.1, 0.15) is 41.4 Å². The fourth-order valence-electron chi connectivity index (χ4n) is 3.49. The summed E-state index contributed by atoms with van der Waals surface area (Å²) in [5, 5.41) is 19.9. The second-order valence-electron chi connectivity index (χ2n) is 6.51. The van der Waals surface area contributed by atoms with Gasteiger partial charge >= 0.3 is 0 Å². The van der Waals surface area contributed by atoms with E-state index < -0.39 is 10.8 Å². The van der Waals surface area contributed by atoms with E-state index in [1.807, 2.05) is 6.07 Å². The Morgan fingerprint density at radius 1 is 1.18 bits per heavy atom. The minimum atomic E-state index is -1.11. The van der Waals surface area contributed by atoms with E-state index in [-0.39, 0.29) is 52.3 Å². The van der Waals surface area contributed by atoms with Gasteiger partial charge in [-0.3, -0.25) is 19.7 Å². The molecule has 7 nitrogen and oxygen atoms in total. The number of non-ortho nitro benzene ring substituents is 1. The molecule has 0 aromatic heterocycles. The number of hydrogen-bond donors (Lipinski definition) is 0. The average molecular weight is 399 g/mol. The summed E-state index contributed by atoms with van der Waals surface area (Å²) in [6.45, 7) is 0. The lowest BCUT2D eigenvalue weighted by molar-refractivity contribution is -0.384. The number of carbonyl (C=O) groups is 2. The molecule has 0 spiro atoms. The molecule has 8 heteroatoms. The first-order valence-electron chi connectivity index (χ1n) is 8.43. The normalized spacial score (nSPS) is 19.2. The van der Waals surface area contributed by atoms with Crippen LogP contribution in [0.15, 0.2) is 36.4 Å². The SMILES string of the molecule is COc1cc([N+](=O)[O-])cc(Cl)c1C1C(=O)CC(c2ccc(C#N)cc2)CC1=O. The maximum absolute atomic E-state index is 12.8. The Morgan fingerprint density at radius 3 is 2.29 bits per heavy atom. The number of rotatable bonds is 4. The summed E-state index contributed by atoms with van der Waals surface area (Å²) in [7, 11) is 1.30. The van der Waals surface area contributed by atoms with Gasteiger partial charge in [-0.2, -0.15) is 5.26 Å². The standard InChI is InChI=1S/C20H15ClN2O5/c1-28-18-9-14(23(26)27)8-15(21)19(18)20-16(24)6-13(7-17(20)25)12-4-2-11(10-22)3-5-12/h2-5,8-9,13,20H,6-7H2,1H3. The molecule has 0 saturated heterocycles. The van der Waals surface area contributed by atoms with Gasteiger partial charge < -0.3 is 4.74 Å². The summed E-state index contributed by atoms with van der Waals surface area (Å²) < 4.78 is 5.18. The molecule has 2 aromatic rings. The van der Waals surface area contributed by atoms with E-state index in [0.717, 1.165) is 17.7 Å². The van der Waals surface area contributed by atoms with Crippen LogP contribution in [-0.4, -0.2) is 23.6 Å². The van der Waals surface area contributed by atoms with Crippen LogP contribution in [0, 0.1) is 21.4 Å². The Morgan fingerprint density at radius 2 is 1.79 bits per heavy atom. The Balaban J connectivity index is 1.93. The zero-order valence-electron chi connectivity index (χ0n) is 14.8. The maximum atomic E-state index is 12.8. The largest absolute Gasteiger partial charge is 0.496 e. The molecule has 0 amide bonds. The van der Waals surface area contributed by atoms with Crippen LogP contribution in [0.2, 0.25) is 5.02 Å². The number of ketones is 2. The van der Waals surface area contributed by atoms with Crippen LogP contribution < -0.4 is 4.74 Å². The molecule has 0 N–H and O–H groups in total. The number of carbonyl (C=O) groups excluding carboxylic acids is 2. The van der Waals surface area contributed by atoms with E-state index >= 15 is 0 Å². The molecule has 0 aliphatic heterocycles. The lowest BCUT2D eigenvalue weighted by Gasteiger charge is -2.28. The molecule has 0 atom stereocenters. The third kappa shape index (κ3) is 3.59. The minimum Gasteiger partial charge on any atom is -0.496 e. The summed E-state index contributed by atoms with van der Waals surface area (Å²) in [5.74, 6) is -1.99. The molecule has 28 heavy (non-hydrogen) atoms. The number of nitriles is 1. The molecule has 142 valence electrons. The lowest BCUT2D eigenvalue weighted by atomic mass is 9.74. The van der Waals surface area contributed by atoms with Crippen LogP contribution in [0.5, 0.6) is 5.75 Å². The van der Waals surface area contributed by atoms with Gasteiger partial charge in [0.15, 0.2) is 0 Å². The van der Waals surface area contributed by atoms with Gasteiger partial charge in [-0.1, -0.05) is 23.7 Å². The molecule has 0 bridgehead atoms. The first-order chi connectivity index (χ1) is 13.3. The summed E-state index contributed by atoms with van der Waals surface area (Å²) >= 11 is 6.19. The topological polar surface area (TPSA) is 110 Å². The average Bonchev–Trinajstić information content (AvgIpc) is 2.68. The second kappa shape index (κ2) is 7.79. The van der Waals surface area contributed by atoms with E-state index in [4.69, 9.17) is 21.6 Å². The summed E-state index contributed by atoms with van der Waals surface area (Å²) in [6.07, 6.45) is 0.248. The van der Waals surface area contributed by atoms with Crippen LogP contribution in [0.3, 0.4) is 0 Å². The van der Waals surface area contributed by atoms with Gasteiger partial charge in [0.2, 0.25) is 0 Å². The third-order valence-corrected chi connectivity index (χ3v) is 5.16. The molecule has 1 fully saturated rings. The molecule has 0 unspecified atom stereocenters. The molecule has 0 radical (unpaired) electrons. The Hall–Kier alpha value is -3.24. The lowest BCUT2D eigenvalue weighted by Crippen LogP contribution is -2.31. The molecule has 1 aliphatic carbocycles. The monoisotopic (exact) mass is 398 g/mol. The first-order valence-corrected chi connectivity index (χ1v) is 8.80. The van der Waals surface area contributed by atoms with Gasteiger partial charge in [-0.25, -0.2) is 0 Å². The second-order valence-corrected chi connectivity index (χ2v) is 6.91. The molecule has 1 saturated carbocycles. The molecule has 2 aromatic carbocycles. The fourth-order valence-corrected chi connectivity index (χ4v) is 3.81. The van der Waals surface area contributed by atoms with Crippen molar-refractivity contribution < 1.29 is 19.2 Å². The predicted octanol–water partition coefficient (Wildman–Crippen LogP) is 3.93. The number of nitrogens with zero attached hydrogens (tertiary/aromatic N) is 2. The number of halogens is 1. The van der Waals surface area contributed by atoms with Gasteiger partial charge in [0, 0.05) is 24.5 Å². The zero-order chi connectivity index (χ0) is 20.4. The minimum absolute atomic E-state index is 0.0442. The van der Waals surface area contributed by atoms with Gasteiger partial charge in [-0.15, -0.1) is 0 Å². The zero-order valence-corrected chi connectivity index (χ0v) is 15.6. The van der Waals surface area contributed by atoms with Crippen molar-refractivity contribution in [3.63, 3.8) is 0 Å². The third-order valence-electron chi connectivity index (χ3n) is 4.85. The van der Waals surface area contributed by atoms with Gasteiger partial charge in [0.05, 0.1) is 34.8 Å². The van der Waals surface area contributed by atoms with Crippen LogP contribution in [0.4, 0.5) is 5.69 Å². The Labute approximate surface area is 165 Å². The maximum Gasteiger partial charge on any atom is 0.274 e. The van der Waals surface area contributed by atoms with Crippen molar-refractivity contribution in [3.8, 4) is 11.8 Å². The number of nitro benzene ring substituents is 1. The van der Waals surface area contributed by atoms with E-state index in [1.165, 1.54) is 7.11 Å². The highest BCUT2D eigenvalue weighted by molar-refractivity contribution is 6.33.